The van der Waals surface area contributed by atoms with E-state index >= 15 is 0 Å². The highest BCUT2D eigenvalue weighted by atomic mass is 27.0. The minimum absolute atomic E-state index is 0. The van der Waals surface area contributed by atoms with E-state index in [0.29, 0.717) is 0 Å². The molecule has 0 aliphatic heterocycles. The Labute approximate surface area is 37.9 Å². The zero-order valence-corrected chi connectivity index (χ0v) is 3.72. The van der Waals surface area contributed by atoms with Crippen LogP contribution in [0.25, 0.3) is 0 Å². The predicted molar refractivity (Wildman–Crippen MR) is 25.0 cm³/mol. The van der Waals surface area contributed by atoms with E-state index in [-0.39, 0.29) is 2.85 Å². The molecule has 0 saturated heterocycles. The van der Waals surface area contributed by atoms with Crippen LogP contribution in [-0.4, -0.2) is 16.3 Å². The SMILES string of the molecule is C=C[CH2][Al].[HH].[HH]. The van der Waals surface area contributed by atoms with Crippen molar-refractivity contribution in [2.24, 2.45) is 0 Å². The molecule has 24 valence electrons. The van der Waals surface area contributed by atoms with E-state index in [2.05, 4.69) is 22.9 Å². The Bertz CT molecular complexity index is 22.8. The molecular formula is C3H9Al. The first-order valence-electron chi connectivity index (χ1n) is 1.22. The van der Waals surface area contributed by atoms with E-state index in [1.807, 2.05) is 6.08 Å². The number of rotatable bonds is 1. The second-order valence-electron chi connectivity index (χ2n) is 0.524. The molecule has 0 heterocycles. The Balaban J connectivity index is -0.0000000450. The fourth-order valence-corrected chi connectivity index (χ4v) is 0. The van der Waals surface area contributed by atoms with E-state index in [4.69, 9.17) is 0 Å². The van der Waals surface area contributed by atoms with Gasteiger partial charge in [-0.25, -0.2) is 0 Å². The molecule has 0 spiro atoms. The molecular weight excluding hydrogens is 63.0 g/mol. The van der Waals surface area contributed by atoms with Gasteiger partial charge in [0.25, 0.3) is 0 Å². The topological polar surface area (TPSA) is 0 Å². The summed E-state index contributed by atoms with van der Waals surface area (Å²) in [5.41, 5.74) is 0. The van der Waals surface area contributed by atoms with E-state index in [1.165, 1.54) is 0 Å². The Hall–Kier alpha value is 0.272. The average molecular weight is 72.1 g/mol. The third-order valence-corrected chi connectivity index (χ3v) is 0.500. The summed E-state index contributed by atoms with van der Waals surface area (Å²) in [6, 6.07) is 0. The second kappa shape index (κ2) is 3.27. The highest BCUT2D eigenvalue weighted by molar-refractivity contribution is 6.09. The molecule has 0 nitrogen and oxygen atoms in total. The van der Waals surface area contributed by atoms with Crippen LogP contribution in [0.3, 0.4) is 0 Å². The smallest absolute Gasteiger partial charge is 0.107 e. The molecule has 0 N–H and O–H groups in total. The van der Waals surface area contributed by atoms with Crippen LogP contribution in [0, 0.1) is 0 Å². The van der Waals surface area contributed by atoms with Crippen molar-refractivity contribution in [1.82, 2.24) is 0 Å². The van der Waals surface area contributed by atoms with Crippen LogP contribution in [0.5, 0.6) is 0 Å². The fourth-order valence-electron chi connectivity index (χ4n) is 0. The van der Waals surface area contributed by atoms with Gasteiger partial charge in [-0.05, 0) is 0 Å². The van der Waals surface area contributed by atoms with E-state index in [9.17, 15) is 0 Å². The molecule has 0 rings (SSSR count). The first kappa shape index (κ1) is 4.27. The first-order valence-corrected chi connectivity index (χ1v) is 2.04. The van der Waals surface area contributed by atoms with E-state index in [1.54, 1.807) is 0 Å². The highest BCUT2D eigenvalue weighted by Crippen LogP contribution is 1.61. The van der Waals surface area contributed by atoms with Gasteiger partial charge in [-0.1, -0.05) is 0 Å². The molecule has 4 heavy (non-hydrogen) atoms. The standard InChI is InChI=1S/C3H5.Al.2H2/c1-3-2;;;/h3H,1-2H2;;2*1H. The van der Waals surface area contributed by atoms with Crippen molar-refractivity contribution in [2.45, 2.75) is 5.28 Å². The maximum atomic E-state index is 3.46. The summed E-state index contributed by atoms with van der Waals surface area (Å²) in [5, 5.41) is 1.00. The van der Waals surface area contributed by atoms with Crippen molar-refractivity contribution in [1.29, 1.82) is 0 Å². The molecule has 0 aliphatic rings. The van der Waals surface area contributed by atoms with Gasteiger partial charge < -0.3 is 0 Å². The molecule has 1 heteroatoms. The molecule has 0 fully saturated rings. The van der Waals surface area contributed by atoms with Crippen LogP contribution >= 0.6 is 0 Å². The van der Waals surface area contributed by atoms with Gasteiger partial charge in [0.1, 0.15) is 16.3 Å². The van der Waals surface area contributed by atoms with Crippen molar-refractivity contribution < 1.29 is 2.85 Å². The Morgan fingerprint density at radius 1 is 2.25 bits per heavy atom. The summed E-state index contributed by atoms with van der Waals surface area (Å²) in [6.45, 7) is 3.46. The Morgan fingerprint density at radius 3 is 2.50 bits per heavy atom. The lowest BCUT2D eigenvalue weighted by molar-refractivity contribution is 1.76. The lowest BCUT2D eigenvalue weighted by Crippen LogP contribution is -1.47. The monoisotopic (exact) mass is 72.1 g/mol. The van der Waals surface area contributed by atoms with Crippen molar-refractivity contribution in [3.05, 3.63) is 12.7 Å². The number of hydrogen-bond donors (Lipinski definition) is 0. The minimum Gasteiger partial charge on any atom is -0.107 e. The average Bonchev–Trinajstić information content (AvgIpc) is 1.37. The van der Waals surface area contributed by atoms with Gasteiger partial charge in [0, 0.05) is 2.85 Å². The molecule has 0 aromatic heterocycles. The molecule has 0 saturated carbocycles. The zero-order valence-electron chi connectivity index (χ0n) is 2.57. The van der Waals surface area contributed by atoms with Crippen molar-refractivity contribution in [2.75, 3.05) is 0 Å². The van der Waals surface area contributed by atoms with Crippen molar-refractivity contribution >= 4 is 16.3 Å². The number of hydrogen-bond acceptors (Lipinski definition) is 0. The van der Waals surface area contributed by atoms with Crippen molar-refractivity contribution in [3.63, 3.8) is 0 Å². The third-order valence-electron chi connectivity index (χ3n) is 0.167. The third kappa shape index (κ3) is 2.27. The van der Waals surface area contributed by atoms with Gasteiger partial charge in [-0.15, -0.1) is 17.9 Å². The summed E-state index contributed by atoms with van der Waals surface area (Å²) in [7, 11) is 0. The predicted octanol–water partition coefficient (Wildman–Crippen LogP) is 1.25. The fraction of sp³-hybridized carbons (Fsp3) is 0.333. The zero-order chi connectivity index (χ0) is 3.41. The minimum atomic E-state index is 0. The molecule has 0 bridgehead atoms. The highest BCUT2D eigenvalue weighted by Gasteiger charge is 1.46. The quantitative estimate of drug-likeness (QED) is 0.323. The summed E-state index contributed by atoms with van der Waals surface area (Å²) >= 11 is 2.54. The van der Waals surface area contributed by atoms with Crippen LogP contribution in [0.15, 0.2) is 12.7 Å². The molecule has 0 aromatic rings. The lowest BCUT2D eigenvalue weighted by atomic mass is 10.8. The molecule has 0 unspecified atom stereocenters. The largest absolute Gasteiger partial charge is 0.124 e. The van der Waals surface area contributed by atoms with Crippen molar-refractivity contribution in [3.8, 4) is 0 Å². The molecule has 0 amide bonds. The maximum absolute atomic E-state index is 3.46. The van der Waals surface area contributed by atoms with Crippen LogP contribution in [-0.2, 0) is 0 Å². The second-order valence-corrected chi connectivity index (χ2v) is 0.996. The van der Waals surface area contributed by atoms with Crippen LogP contribution in [0.2, 0.25) is 5.28 Å². The van der Waals surface area contributed by atoms with Crippen LogP contribution < -0.4 is 0 Å². The summed E-state index contributed by atoms with van der Waals surface area (Å²) < 4.78 is 0. The lowest BCUT2D eigenvalue weighted by Gasteiger charge is -1.58. The number of allylic oxidation sites excluding steroid dienone is 1. The van der Waals surface area contributed by atoms with E-state index in [0.717, 1.165) is 5.28 Å². The Kier molecular flexibility index (Phi) is 3.50. The first-order chi connectivity index (χ1) is 1.91. The molecule has 2 radical (unpaired) electrons. The van der Waals surface area contributed by atoms with Gasteiger partial charge in [0.2, 0.25) is 0 Å². The summed E-state index contributed by atoms with van der Waals surface area (Å²) in [5.74, 6) is 0. The summed E-state index contributed by atoms with van der Waals surface area (Å²) in [4.78, 5) is 0. The van der Waals surface area contributed by atoms with Gasteiger partial charge >= 0.3 is 0 Å². The van der Waals surface area contributed by atoms with Crippen LogP contribution in [0.1, 0.15) is 2.85 Å². The Morgan fingerprint density at radius 2 is 2.50 bits per heavy atom. The van der Waals surface area contributed by atoms with Gasteiger partial charge in [0.15, 0.2) is 0 Å². The maximum Gasteiger partial charge on any atom is 0.124 e. The molecule has 0 aliphatic carbocycles. The van der Waals surface area contributed by atoms with Crippen LogP contribution in [0.4, 0.5) is 0 Å². The van der Waals surface area contributed by atoms with Gasteiger partial charge in [-0.2, -0.15) is 0 Å². The summed E-state index contributed by atoms with van der Waals surface area (Å²) in [6.07, 6.45) is 1.84. The van der Waals surface area contributed by atoms with Gasteiger partial charge in [0.05, 0.1) is 0 Å². The normalized spacial score (nSPS) is 6.00. The van der Waals surface area contributed by atoms with Gasteiger partial charge in [-0.3, -0.25) is 0 Å². The van der Waals surface area contributed by atoms with E-state index < -0.39 is 0 Å². The molecule has 0 aromatic carbocycles. The molecule has 0 atom stereocenters.